The van der Waals surface area contributed by atoms with E-state index in [0.717, 1.165) is 12.8 Å². The zero-order valence-electron chi connectivity index (χ0n) is 9.02. The Bertz CT molecular complexity index is 371. The van der Waals surface area contributed by atoms with Crippen LogP contribution in [0.3, 0.4) is 0 Å². The predicted octanol–water partition coefficient (Wildman–Crippen LogP) is 3.35. The Morgan fingerprint density at radius 3 is 2.88 bits per heavy atom. The summed E-state index contributed by atoms with van der Waals surface area (Å²) < 4.78 is 13.5. The van der Waals surface area contributed by atoms with Gasteiger partial charge in [0, 0.05) is 10.1 Å². The van der Waals surface area contributed by atoms with E-state index in [4.69, 9.17) is 0 Å². The van der Waals surface area contributed by atoms with Crippen LogP contribution in [0.5, 0.6) is 0 Å². The molecule has 0 fully saturated rings. The molecule has 0 aromatic heterocycles. The first-order valence-corrected chi connectivity index (χ1v) is 6.21. The fourth-order valence-corrected chi connectivity index (χ4v) is 1.75. The van der Waals surface area contributed by atoms with Crippen molar-refractivity contribution in [2.24, 2.45) is 0 Å². The van der Waals surface area contributed by atoms with Gasteiger partial charge in [-0.3, -0.25) is 0 Å². The molecule has 0 atom stereocenters. The molecular formula is C11H14FIN2O. The summed E-state index contributed by atoms with van der Waals surface area (Å²) in [5, 5.41) is 5.40. The Balaban J connectivity index is 2.49. The van der Waals surface area contributed by atoms with Crippen LogP contribution < -0.4 is 10.6 Å². The number of anilines is 1. The molecule has 0 aliphatic rings. The minimum atomic E-state index is -0.304. The van der Waals surface area contributed by atoms with Crippen LogP contribution in [0.1, 0.15) is 19.8 Å². The van der Waals surface area contributed by atoms with Gasteiger partial charge in [-0.1, -0.05) is 13.3 Å². The van der Waals surface area contributed by atoms with Gasteiger partial charge in [-0.2, -0.15) is 0 Å². The molecule has 1 rings (SSSR count). The summed E-state index contributed by atoms with van der Waals surface area (Å²) in [6, 6.07) is 4.00. The Hall–Kier alpha value is -0.850. The van der Waals surface area contributed by atoms with Crippen molar-refractivity contribution < 1.29 is 9.18 Å². The van der Waals surface area contributed by atoms with Crippen LogP contribution >= 0.6 is 22.6 Å². The molecule has 0 heterocycles. The SMILES string of the molecule is CCCCNC(=O)Nc1ccc(F)cc1I. The second-order valence-electron chi connectivity index (χ2n) is 3.36. The minimum absolute atomic E-state index is 0.252. The molecule has 88 valence electrons. The highest BCUT2D eigenvalue weighted by atomic mass is 127. The number of benzene rings is 1. The lowest BCUT2D eigenvalue weighted by Gasteiger charge is -2.08. The molecule has 0 saturated heterocycles. The molecule has 0 aliphatic heterocycles. The van der Waals surface area contributed by atoms with Gasteiger partial charge in [-0.15, -0.1) is 0 Å². The summed E-state index contributed by atoms with van der Waals surface area (Å²) in [5.74, 6) is -0.304. The lowest BCUT2D eigenvalue weighted by atomic mass is 10.3. The topological polar surface area (TPSA) is 41.1 Å². The summed E-state index contributed by atoms with van der Waals surface area (Å²) in [6.07, 6.45) is 1.99. The molecule has 3 nitrogen and oxygen atoms in total. The fourth-order valence-electron chi connectivity index (χ4n) is 1.14. The van der Waals surface area contributed by atoms with Crippen molar-refractivity contribution in [1.29, 1.82) is 0 Å². The van der Waals surface area contributed by atoms with E-state index in [2.05, 4.69) is 17.6 Å². The first-order valence-electron chi connectivity index (χ1n) is 5.13. The van der Waals surface area contributed by atoms with Crippen LogP contribution in [-0.4, -0.2) is 12.6 Å². The van der Waals surface area contributed by atoms with E-state index in [1.165, 1.54) is 12.1 Å². The first-order chi connectivity index (χ1) is 7.63. The summed E-state index contributed by atoms with van der Waals surface area (Å²) >= 11 is 1.98. The van der Waals surface area contributed by atoms with E-state index >= 15 is 0 Å². The van der Waals surface area contributed by atoms with Gasteiger partial charge in [0.1, 0.15) is 5.82 Å². The Labute approximate surface area is 108 Å². The molecule has 0 bridgehead atoms. The van der Waals surface area contributed by atoms with E-state index in [-0.39, 0.29) is 11.8 Å². The smallest absolute Gasteiger partial charge is 0.319 e. The number of unbranched alkanes of at least 4 members (excludes halogenated alkanes) is 1. The number of halogens is 2. The van der Waals surface area contributed by atoms with Gasteiger partial charge < -0.3 is 10.6 Å². The maximum absolute atomic E-state index is 12.8. The van der Waals surface area contributed by atoms with E-state index in [1.807, 2.05) is 22.6 Å². The molecule has 2 amide bonds. The predicted molar refractivity (Wildman–Crippen MR) is 71.0 cm³/mol. The van der Waals surface area contributed by atoms with E-state index < -0.39 is 0 Å². The normalized spacial score (nSPS) is 9.94. The van der Waals surface area contributed by atoms with Crippen LogP contribution in [0.15, 0.2) is 18.2 Å². The van der Waals surface area contributed by atoms with Crippen molar-refractivity contribution in [2.45, 2.75) is 19.8 Å². The standard InChI is InChI=1S/C11H14FIN2O/c1-2-3-6-14-11(16)15-10-5-4-8(12)7-9(10)13/h4-5,7H,2-3,6H2,1H3,(H2,14,15,16). The van der Waals surface area contributed by atoms with Gasteiger partial charge in [-0.25, -0.2) is 9.18 Å². The van der Waals surface area contributed by atoms with Gasteiger partial charge in [0.2, 0.25) is 0 Å². The number of hydrogen-bond acceptors (Lipinski definition) is 1. The van der Waals surface area contributed by atoms with Gasteiger partial charge in [0.05, 0.1) is 5.69 Å². The zero-order valence-corrected chi connectivity index (χ0v) is 11.2. The number of rotatable bonds is 4. The largest absolute Gasteiger partial charge is 0.338 e. The van der Waals surface area contributed by atoms with Crippen LogP contribution in [0.2, 0.25) is 0 Å². The monoisotopic (exact) mass is 336 g/mol. The highest BCUT2D eigenvalue weighted by molar-refractivity contribution is 14.1. The van der Waals surface area contributed by atoms with Crippen LogP contribution in [0, 0.1) is 9.39 Å². The summed E-state index contributed by atoms with van der Waals surface area (Å²) in [7, 11) is 0. The molecule has 1 aromatic rings. The van der Waals surface area contributed by atoms with Crippen molar-refractivity contribution >= 4 is 34.3 Å². The molecule has 0 spiro atoms. The van der Waals surface area contributed by atoms with Crippen LogP contribution in [0.4, 0.5) is 14.9 Å². The summed E-state index contributed by atoms with van der Waals surface area (Å²) in [4.78, 5) is 11.4. The Kier molecular flexibility index (Phi) is 5.51. The van der Waals surface area contributed by atoms with Crippen molar-refractivity contribution in [2.75, 3.05) is 11.9 Å². The van der Waals surface area contributed by atoms with Crippen LogP contribution in [-0.2, 0) is 0 Å². The Morgan fingerprint density at radius 2 is 2.25 bits per heavy atom. The molecule has 0 radical (unpaired) electrons. The van der Waals surface area contributed by atoms with Crippen molar-refractivity contribution in [1.82, 2.24) is 5.32 Å². The Morgan fingerprint density at radius 1 is 1.50 bits per heavy atom. The second-order valence-corrected chi connectivity index (χ2v) is 4.52. The van der Waals surface area contributed by atoms with E-state index in [0.29, 0.717) is 15.8 Å². The summed E-state index contributed by atoms with van der Waals surface area (Å²) in [6.45, 7) is 2.71. The van der Waals surface area contributed by atoms with Gasteiger partial charge >= 0.3 is 6.03 Å². The lowest BCUT2D eigenvalue weighted by Crippen LogP contribution is -2.29. The lowest BCUT2D eigenvalue weighted by molar-refractivity contribution is 0.252. The van der Waals surface area contributed by atoms with E-state index in [9.17, 15) is 9.18 Å². The first kappa shape index (κ1) is 13.2. The molecule has 16 heavy (non-hydrogen) atoms. The highest BCUT2D eigenvalue weighted by Crippen LogP contribution is 2.18. The maximum Gasteiger partial charge on any atom is 0.319 e. The summed E-state index contributed by atoms with van der Waals surface area (Å²) in [5.41, 5.74) is 0.621. The number of amides is 2. The molecular weight excluding hydrogens is 322 g/mol. The number of nitrogens with one attached hydrogen (secondary N) is 2. The van der Waals surface area contributed by atoms with Crippen molar-refractivity contribution in [3.63, 3.8) is 0 Å². The quantitative estimate of drug-likeness (QED) is 0.643. The maximum atomic E-state index is 12.8. The third kappa shape index (κ3) is 4.34. The molecule has 1 aromatic carbocycles. The second kappa shape index (κ2) is 6.67. The van der Waals surface area contributed by atoms with E-state index in [1.54, 1.807) is 6.07 Å². The number of hydrogen-bond donors (Lipinski definition) is 2. The molecule has 0 saturated carbocycles. The fraction of sp³-hybridized carbons (Fsp3) is 0.364. The molecule has 0 unspecified atom stereocenters. The zero-order chi connectivity index (χ0) is 12.0. The molecule has 0 aliphatic carbocycles. The number of carbonyl (C=O) groups excluding carboxylic acids is 1. The van der Waals surface area contributed by atoms with Crippen LogP contribution in [0.25, 0.3) is 0 Å². The third-order valence-corrected chi connectivity index (χ3v) is 2.89. The molecule has 2 N–H and O–H groups in total. The average Bonchev–Trinajstić information content (AvgIpc) is 2.23. The van der Waals surface area contributed by atoms with Gasteiger partial charge in [-0.05, 0) is 47.2 Å². The average molecular weight is 336 g/mol. The highest BCUT2D eigenvalue weighted by Gasteiger charge is 2.05. The molecule has 5 heteroatoms. The van der Waals surface area contributed by atoms with Crippen molar-refractivity contribution in [3.05, 3.63) is 27.6 Å². The van der Waals surface area contributed by atoms with Crippen molar-refractivity contribution in [3.8, 4) is 0 Å². The van der Waals surface area contributed by atoms with Gasteiger partial charge in [0.15, 0.2) is 0 Å². The number of carbonyl (C=O) groups is 1. The third-order valence-electron chi connectivity index (χ3n) is 2.00. The minimum Gasteiger partial charge on any atom is -0.338 e. The van der Waals surface area contributed by atoms with Gasteiger partial charge in [0.25, 0.3) is 0 Å². The number of urea groups is 1.